The lowest BCUT2D eigenvalue weighted by Crippen LogP contribution is -2.17. The predicted molar refractivity (Wildman–Crippen MR) is 137 cm³/mol. The molecular weight excluding hydrogens is 427 g/mol. The van der Waals surface area contributed by atoms with Gasteiger partial charge < -0.3 is 4.74 Å². The van der Waals surface area contributed by atoms with E-state index in [4.69, 9.17) is 4.74 Å². The van der Waals surface area contributed by atoms with Crippen LogP contribution < -0.4 is 4.74 Å². The summed E-state index contributed by atoms with van der Waals surface area (Å²) in [6, 6.07) is 39.8. The summed E-state index contributed by atoms with van der Waals surface area (Å²) >= 11 is 2.09. The molecule has 0 spiro atoms. The van der Waals surface area contributed by atoms with E-state index in [0.717, 1.165) is 5.75 Å². The first-order chi connectivity index (χ1) is 15.8. The van der Waals surface area contributed by atoms with Crippen LogP contribution in [0, 0.1) is 0 Å². The fraction of sp³-hybridized carbons (Fsp3) is 0.103. The van der Waals surface area contributed by atoms with E-state index in [1.54, 1.807) is 7.11 Å². The van der Waals surface area contributed by atoms with Crippen molar-refractivity contribution in [2.24, 2.45) is 0 Å². The maximum atomic E-state index is 5.39. The Morgan fingerprint density at radius 3 is 2.12 bits per heavy atom. The average molecular weight is 451 g/mol. The van der Waals surface area contributed by atoms with E-state index in [-0.39, 0.29) is 5.16 Å². The second kappa shape index (κ2) is 7.96. The third kappa shape index (κ3) is 2.98. The van der Waals surface area contributed by atoms with Gasteiger partial charge in [0.05, 0.1) is 12.3 Å². The molecule has 3 heteroatoms. The van der Waals surface area contributed by atoms with Crippen molar-refractivity contribution in [1.82, 2.24) is 0 Å². The first-order valence-electron chi connectivity index (χ1n) is 10.9. The van der Waals surface area contributed by atoms with Crippen molar-refractivity contribution in [3.8, 4) is 5.75 Å². The highest BCUT2D eigenvalue weighted by Gasteiger charge is 2.56. The first-order valence-corrected chi connectivity index (χ1v) is 13.7. The molecule has 2 aliphatic rings. The van der Waals surface area contributed by atoms with Gasteiger partial charge in [-0.2, -0.15) is 0 Å². The van der Waals surface area contributed by atoms with Crippen molar-refractivity contribution < 1.29 is 4.74 Å². The van der Waals surface area contributed by atoms with Gasteiger partial charge in [-0.1, -0.05) is 108 Å². The zero-order valence-corrected chi connectivity index (χ0v) is 19.5. The Kier molecular flexibility index (Phi) is 4.94. The summed E-state index contributed by atoms with van der Waals surface area (Å²) in [4.78, 5) is 1.37. The van der Waals surface area contributed by atoms with Crippen LogP contribution in [0.5, 0.6) is 5.75 Å². The maximum Gasteiger partial charge on any atom is 0.118 e. The minimum atomic E-state index is -0.502. The van der Waals surface area contributed by atoms with E-state index in [1.807, 2.05) is 0 Å². The Balaban J connectivity index is 1.59. The molecule has 6 rings (SSSR count). The Labute approximate surface area is 194 Å². The van der Waals surface area contributed by atoms with Crippen molar-refractivity contribution in [3.63, 3.8) is 0 Å². The molecular formula is C29H23OPS. The molecule has 156 valence electrons. The van der Waals surface area contributed by atoms with Gasteiger partial charge in [0.2, 0.25) is 0 Å². The highest BCUT2D eigenvalue weighted by molar-refractivity contribution is 8.61. The molecule has 3 atom stereocenters. The molecule has 0 N–H and O–H groups in total. The van der Waals surface area contributed by atoms with Crippen molar-refractivity contribution in [1.29, 1.82) is 0 Å². The van der Waals surface area contributed by atoms with Crippen LogP contribution in [0.3, 0.4) is 0 Å². The van der Waals surface area contributed by atoms with E-state index >= 15 is 0 Å². The van der Waals surface area contributed by atoms with E-state index in [2.05, 4.69) is 127 Å². The SMILES string of the molecule is COc1ccc(C2=C[C@]3(c4ccccc4)c4ccccc4[C@@H](c4ccccc4)P3S2)cc1. The second-order valence-electron chi connectivity index (χ2n) is 8.19. The molecule has 0 saturated carbocycles. The largest absolute Gasteiger partial charge is 0.497 e. The molecule has 1 nitrogen and oxygen atoms in total. The second-order valence-corrected chi connectivity index (χ2v) is 12.4. The van der Waals surface area contributed by atoms with Crippen LogP contribution in [-0.4, -0.2) is 7.11 Å². The van der Waals surface area contributed by atoms with Crippen LogP contribution in [0.15, 0.2) is 115 Å². The standard InChI is InChI=1S/C29H23OPS/c1-30-24-18-16-21(17-19-24)27-20-29(23-12-6-3-7-13-23)26-15-9-8-14-25(26)28(31(29)32-27)22-10-4-2-5-11-22/h2-20,28H,1H3/t28-,29+,31?/m1/s1. The van der Waals surface area contributed by atoms with E-state index in [0.29, 0.717) is 5.66 Å². The van der Waals surface area contributed by atoms with Crippen LogP contribution in [0.1, 0.15) is 33.5 Å². The predicted octanol–water partition coefficient (Wildman–Crippen LogP) is 8.23. The molecule has 0 fully saturated rings. The van der Waals surface area contributed by atoms with Gasteiger partial charge in [-0.15, -0.1) is 0 Å². The minimum Gasteiger partial charge on any atom is -0.497 e. The van der Waals surface area contributed by atoms with Crippen LogP contribution in [0.25, 0.3) is 4.91 Å². The fourth-order valence-corrected chi connectivity index (χ4v) is 11.8. The van der Waals surface area contributed by atoms with Crippen LogP contribution >= 0.6 is 18.5 Å². The van der Waals surface area contributed by atoms with Crippen molar-refractivity contribution in [3.05, 3.63) is 143 Å². The Bertz CT molecular complexity index is 1280. The van der Waals surface area contributed by atoms with Gasteiger partial charge >= 0.3 is 0 Å². The number of rotatable bonds is 4. The van der Waals surface area contributed by atoms with E-state index < -0.39 is 7.12 Å². The number of methoxy groups -OCH3 is 1. The van der Waals surface area contributed by atoms with Gasteiger partial charge in [-0.25, -0.2) is 0 Å². The van der Waals surface area contributed by atoms with Gasteiger partial charge in [-0.05, 0) is 53.1 Å². The lowest BCUT2D eigenvalue weighted by atomic mass is 9.85. The van der Waals surface area contributed by atoms with Crippen LogP contribution in [0.4, 0.5) is 0 Å². The van der Waals surface area contributed by atoms with Gasteiger partial charge in [0.15, 0.2) is 0 Å². The molecule has 0 radical (unpaired) electrons. The molecule has 1 unspecified atom stereocenters. The number of hydrogen-bond donors (Lipinski definition) is 0. The number of fused-ring (bicyclic) bond motifs is 3. The maximum absolute atomic E-state index is 5.39. The average Bonchev–Trinajstić information content (AvgIpc) is 3.38. The lowest BCUT2D eigenvalue weighted by Gasteiger charge is -2.31. The molecule has 4 aromatic carbocycles. The zero-order valence-electron chi connectivity index (χ0n) is 17.8. The molecule has 0 bridgehead atoms. The minimum absolute atomic E-state index is 0.0897. The third-order valence-corrected chi connectivity index (χ3v) is 12.3. The summed E-state index contributed by atoms with van der Waals surface area (Å²) in [5.41, 5.74) is 7.43. The van der Waals surface area contributed by atoms with Crippen LogP contribution in [-0.2, 0) is 5.16 Å². The molecule has 0 amide bonds. The van der Waals surface area contributed by atoms with Crippen molar-refractivity contribution >= 4 is 23.4 Å². The number of ether oxygens (including phenoxy) is 1. The summed E-state index contributed by atoms with van der Waals surface area (Å²) < 4.78 is 5.39. The number of benzene rings is 4. The van der Waals surface area contributed by atoms with Crippen LogP contribution in [0.2, 0.25) is 0 Å². The van der Waals surface area contributed by atoms with Gasteiger partial charge in [0, 0.05) is 10.6 Å². The zero-order chi connectivity index (χ0) is 21.5. The Morgan fingerprint density at radius 2 is 1.41 bits per heavy atom. The Morgan fingerprint density at radius 1 is 0.750 bits per heavy atom. The summed E-state index contributed by atoms with van der Waals surface area (Å²) in [6.45, 7) is 0. The highest BCUT2D eigenvalue weighted by Crippen LogP contribution is 2.87. The van der Waals surface area contributed by atoms with Gasteiger partial charge in [0.25, 0.3) is 0 Å². The summed E-state index contributed by atoms with van der Waals surface area (Å²) in [6.07, 6.45) is 2.56. The van der Waals surface area contributed by atoms with Crippen molar-refractivity contribution in [2.45, 2.75) is 10.8 Å². The monoisotopic (exact) mass is 450 g/mol. The summed E-state index contributed by atoms with van der Waals surface area (Å²) in [7, 11) is 1.22. The third-order valence-electron chi connectivity index (χ3n) is 6.49. The van der Waals surface area contributed by atoms with Crippen molar-refractivity contribution in [2.75, 3.05) is 7.11 Å². The molecule has 2 aliphatic heterocycles. The van der Waals surface area contributed by atoms with E-state index in [9.17, 15) is 0 Å². The molecule has 0 saturated heterocycles. The highest BCUT2D eigenvalue weighted by atomic mass is 32.7. The number of hydrogen-bond acceptors (Lipinski definition) is 2. The molecule has 0 aliphatic carbocycles. The smallest absolute Gasteiger partial charge is 0.118 e. The molecule has 2 heterocycles. The van der Waals surface area contributed by atoms with Gasteiger partial charge in [-0.3, -0.25) is 0 Å². The van der Waals surface area contributed by atoms with E-state index in [1.165, 1.54) is 32.7 Å². The van der Waals surface area contributed by atoms with Gasteiger partial charge in [0.1, 0.15) is 5.75 Å². The quantitative estimate of drug-likeness (QED) is 0.290. The summed E-state index contributed by atoms with van der Waals surface area (Å²) in [5.74, 6) is 0.897. The molecule has 0 aromatic heterocycles. The number of allylic oxidation sites excluding steroid dienone is 1. The first kappa shape index (κ1) is 19.9. The summed E-state index contributed by atoms with van der Waals surface area (Å²) in [5, 5.41) is -0.0897. The fourth-order valence-electron chi connectivity index (χ4n) is 5.02. The lowest BCUT2D eigenvalue weighted by molar-refractivity contribution is 0.415. The normalized spacial score (nSPS) is 23.3. The Hall–Kier alpha value is -2.80. The molecule has 4 aromatic rings. The molecule has 32 heavy (non-hydrogen) atoms. The topological polar surface area (TPSA) is 9.23 Å².